The van der Waals surface area contributed by atoms with Gasteiger partial charge in [0.05, 0.1) is 17.4 Å². The number of carbonyl (C=O) groups is 3. The van der Waals surface area contributed by atoms with Crippen LogP contribution in [-0.4, -0.2) is 67.3 Å². The average Bonchev–Trinajstić information content (AvgIpc) is 3.56. The van der Waals surface area contributed by atoms with Crippen molar-refractivity contribution in [3.8, 4) is 5.75 Å². The van der Waals surface area contributed by atoms with E-state index in [4.69, 9.17) is 16.3 Å². The fourth-order valence-corrected chi connectivity index (χ4v) is 7.28. The maximum absolute atomic E-state index is 14.4. The summed E-state index contributed by atoms with van der Waals surface area (Å²) >= 11 is 6.66. The molecule has 2 unspecified atom stereocenters. The molecule has 2 amide bonds. The van der Waals surface area contributed by atoms with Crippen LogP contribution in [-0.2, 0) is 34.5 Å². The zero-order valence-corrected chi connectivity index (χ0v) is 24.6. The molecule has 3 heterocycles. The Kier molecular flexibility index (Phi) is 8.73. The summed E-state index contributed by atoms with van der Waals surface area (Å²) in [6.07, 6.45) is 1.46. The maximum atomic E-state index is 14.4. The Labute approximate surface area is 247 Å². The lowest BCUT2D eigenvalue weighted by Gasteiger charge is -2.46. The lowest BCUT2D eigenvalue weighted by molar-refractivity contribution is -0.164. The van der Waals surface area contributed by atoms with Gasteiger partial charge in [-0.15, -0.1) is 5.10 Å². The van der Waals surface area contributed by atoms with Crippen LogP contribution in [0.3, 0.4) is 0 Å². The van der Waals surface area contributed by atoms with Crippen LogP contribution in [0.5, 0.6) is 5.75 Å². The molecule has 1 N–H and O–H groups in total. The van der Waals surface area contributed by atoms with Crippen molar-refractivity contribution >= 4 is 29.4 Å². The molecular weight excluding hydrogens is 572 g/mol. The second-order valence-corrected chi connectivity index (χ2v) is 11.8. The van der Waals surface area contributed by atoms with Gasteiger partial charge in [0, 0.05) is 43.7 Å². The minimum Gasteiger partial charge on any atom is -0.487 e. The average molecular weight is 608 g/mol. The number of carboxylic acid groups (broad SMARTS) is 1. The van der Waals surface area contributed by atoms with E-state index in [9.17, 15) is 28.3 Å². The predicted octanol–water partition coefficient (Wildman–Crippen LogP) is 4.70. The van der Waals surface area contributed by atoms with E-state index in [1.807, 2.05) is 6.92 Å². The fraction of sp³-hybridized carbons (Fsp3) is 0.621. The van der Waals surface area contributed by atoms with E-state index in [1.165, 1.54) is 7.05 Å². The third-order valence-corrected chi connectivity index (χ3v) is 9.68. The number of aryl methyl sites for hydroxylation is 1. The summed E-state index contributed by atoms with van der Waals surface area (Å²) in [4.78, 5) is 43.1. The predicted molar refractivity (Wildman–Crippen MR) is 148 cm³/mol. The Bertz CT molecular complexity index is 1370. The molecule has 13 heteroatoms. The molecule has 1 aliphatic carbocycles. The van der Waals surface area contributed by atoms with Crippen LogP contribution in [0.2, 0.25) is 5.02 Å². The number of hydrogen-bond acceptors (Lipinski definition) is 6. The minimum absolute atomic E-state index is 0.0115. The Hall–Kier alpha value is -3.28. The van der Waals surface area contributed by atoms with Crippen molar-refractivity contribution in [2.45, 2.75) is 77.4 Å². The van der Waals surface area contributed by atoms with Crippen LogP contribution < -0.4 is 4.74 Å². The Balaban J connectivity index is 1.54. The van der Waals surface area contributed by atoms with Crippen molar-refractivity contribution < 1.29 is 33.0 Å². The highest BCUT2D eigenvalue weighted by molar-refractivity contribution is 6.31. The lowest BCUT2D eigenvalue weighted by Crippen LogP contribution is -2.53. The standard InChI is InChI=1S/C29H36ClF2N5O5/c1-3-29(28(40)41)12-5-4-7-18(29)27(39)37-14-11-17-19(30)9-10-22(24(17)21(37)15-36-13-6-8-23(36)38)42-16-20-25(26(31)32)35(2)34-33-20/h9-10,18,21,26H,3-8,11-16H2,1-2H3,(H,40,41)/t18?,21-,29?/m1/s1. The molecule has 1 saturated carbocycles. The molecule has 0 spiro atoms. The smallest absolute Gasteiger partial charge is 0.310 e. The van der Waals surface area contributed by atoms with Gasteiger partial charge in [-0.3, -0.25) is 14.4 Å². The topological polar surface area (TPSA) is 118 Å². The number of nitrogens with zero attached hydrogens (tertiary/aromatic N) is 5. The number of benzene rings is 1. The summed E-state index contributed by atoms with van der Waals surface area (Å²) < 4.78 is 34.4. The molecule has 10 nitrogen and oxygen atoms in total. The van der Waals surface area contributed by atoms with Crippen molar-refractivity contribution in [2.24, 2.45) is 18.4 Å². The van der Waals surface area contributed by atoms with Gasteiger partial charge in [-0.2, -0.15) is 0 Å². The largest absolute Gasteiger partial charge is 0.487 e. The van der Waals surface area contributed by atoms with Gasteiger partial charge in [0.15, 0.2) is 0 Å². The van der Waals surface area contributed by atoms with E-state index in [0.717, 1.165) is 23.1 Å². The molecule has 5 rings (SSSR count). The molecule has 1 aromatic heterocycles. The monoisotopic (exact) mass is 607 g/mol. The molecule has 2 aliphatic heterocycles. The Morgan fingerprint density at radius 2 is 2.00 bits per heavy atom. The number of fused-ring (bicyclic) bond motifs is 1. The summed E-state index contributed by atoms with van der Waals surface area (Å²) in [5.74, 6) is -1.59. The van der Waals surface area contributed by atoms with Gasteiger partial charge in [-0.05, 0) is 49.8 Å². The van der Waals surface area contributed by atoms with Gasteiger partial charge in [0.25, 0.3) is 6.43 Å². The minimum atomic E-state index is -2.80. The number of carbonyl (C=O) groups excluding carboxylic acids is 2. The number of aromatic nitrogens is 3. The Morgan fingerprint density at radius 3 is 2.67 bits per heavy atom. The van der Waals surface area contributed by atoms with Crippen LogP contribution in [0.25, 0.3) is 0 Å². The highest BCUT2D eigenvalue weighted by Gasteiger charge is 2.52. The van der Waals surface area contributed by atoms with E-state index in [-0.39, 0.29) is 36.4 Å². The number of amides is 2. The molecule has 42 heavy (non-hydrogen) atoms. The second kappa shape index (κ2) is 12.1. The number of likely N-dealkylation sites (tertiary alicyclic amines) is 1. The third kappa shape index (κ3) is 5.33. The van der Waals surface area contributed by atoms with Crippen molar-refractivity contribution in [2.75, 3.05) is 19.6 Å². The van der Waals surface area contributed by atoms with Gasteiger partial charge >= 0.3 is 5.97 Å². The number of alkyl halides is 2. The molecule has 0 radical (unpaired) electrons. The fourth-order valence-electron chi connectivity index (χ4n) is 7.02. The van der Waals surface area contributed by atoms with E-state index in [0.29, 0.717) is 68.0 Å². The first-order valence-electron chi connectivity index (χ1n) is 14.5. The summed E-state index contributed by atoms with van der Waals surface area (Å²) in [7, 11) is 1.38. The number of carboxylic acids is 1. The first kappa shape index (κ1) is 30.2. The molecule has 3 aliphatic rings. The molecule has 228 valence electrons. The van der Waals surface area contributed by atoms with Gasteiger partial charge in [-0.25, -0.2) is 13.5 Å². The number of aliphatic carboxylic acids is 1. The van der Waals surface area contributed by atoms with Crippen molar-refractivity contribution in [3.63, 3.8) is 0 Å². The zero-order valence-electron chi connectivity index (χ0n) is 23.8. The zero-order chi connectivity index (χ0) is 30.2. The molecular formula is C29H36ClF2N5O5. The van der Waals surface area contributed by atoms with Crippen LogP contribution >= 0.6 is 11.6 Å². The number of rotatable bonds is 9. The van der Waals surface area contributed by atoms with E-state index in [2.05, 4.69) is 10.3 Å². The normalized spacial score (nSPS) is 24.3. The van der Waals surface area contributed by atoms with Crippen LogP contribution in [0.4, 0.5) is 8.78 Å². The molecule has 1 aromatic carbocycles. The molecule has 1 saturated heterocycles. The lowest BCUT2D eigenvalue weighted by atomic mass is 9.64. The molecule has 2 aromatic rings. The Morgan fingerprint density at radius 1 is 1.21 bits per heavy atom. The second-order valence-electron chi connectivity index (χ2n) is 11.4. The van der Waals surface area contributed by atoms with Gasteiger partial charge in [-0.1, -0.05) is 36.6 Å². The summed E-state index contributed by atoms with van der Waals surface area (Å²) in [6, 6.07) is 2.66. The SMILES string of the molecule is CCC1(C(=O)O)CCCCC1C(=O)N1CCc2c(Cl)ccc(OCc3nnn(C)c3C(F)F)c2[C@H]1CN1CCCC1=O. The van der Waals surface area contributed by atoms with Gasteiger partial charge in [0.1, 0.15) is 23.7 Å². The van der Waals surface area contributed by atoms with Gasteiger partial charge < -0.3 is 19.6 Å². The number of halogens is 3. The first-order chi connectivity index (χ1) is 20.1. The van der Waals surface area contributed by atoms with Crippen molar-refractivity contribution in [1.29, 1.82) is 0 Å². The van der Waals surface area contributed by atoms with E-state index in [1.54, 1.807) is 21.9 Å². The van der Waals surface area contributed by atoms with Crippen LogP contribution in [0.1, 0.15) is 86.9 Å². The molecule has 0 bridgehead atoms. The summed E-state index contributed by atoms with van der Waals surface area (Å²) in [6.45, 7) is 2.57. The highest BCUT2D eigenvalue weighted by Crippen LogP contribution is 2.48. The van der Waals surface area contributed by atoms with Gasteiger partial charge in [0.2, 0.25) is 11.8 Å². The summed E-state index contributed by atoms with van der Waals surface area (Å²) in [5, 5.41) is 18.3. The van der Waals surface area contributed by atoms with Crippen molar-refractivity contribution in [1.82, 2.24) is 24.8 Å². The number of hydrogen-bond donors (Lipinski definition) is 1. The van der Waals surface area contributed by atoms with Crippen LogP contribution in [0, 0.1) is 11.3 Å². The van der Waals surface area contributed by atoms with Crippen LogP contribution in [0.15, 0.2) is 12.1 Å². The first-order valence-corrected chi connectivity index (χ1v) is 14.9. The quantitative estimate of drug-likeness (QED) is 0.439. The highest BCUT2D eigenvalue weighted by atomic mass is 35.5. The van der Waals surface area contributed by atoms with E-state index >= 15 is 0 Å². The third-order valence-electron chi connectivity index (χ3n) is 9.32. The molecule has 3 atom stereocenters. The number of ether oxygens (including phenoxy) is 1. The maximum Gasteiger partial charge on any atom is 0.310 e. The van der Waals surface area contributed by atoms with E-state index < -0.39 is 29.8 Å². The molecule has 2 fully saturated rings. The summed E-state index contributed by atoms with van der Waals surface area (Å²) in [5.41, 5.74) is -0.155. The van der Waals surface area contributed by atoms with Crippen molar-refractivity contribution in [3.05, 3.63) is 39.7 Å².